The molecule has 0 atom stereocenters. The van der Waals surface area contributed by atoms with Crippen LogP contribution in [-0.2, 0) is 26.5 Å². The van der Waals surface area contributed by atoms with Gasteiger partial charge in [0.05, 0.1) is 0 Å². The molecule has 0 saturated heterocycles. The smallest absolute Gasteiger partial charge is 0.136 e. The second-order valence-corrected chi connectivity index (χ2v) is 17.2. The minimum atomic E-state index is 0. The van der Waals surface area contributed by atoms with E-state index in [0.29, 0.717) is 11.5 Å². The van der Waals surface area contributed by atoms with Gasteiger partial charge < -0.3 is 19.1 Å². The molecule has 0 saturated carbocycles. The van der Waals surface area contributed by atoms with Gasteiger partial charge in [-0.15, -0.1) is 48.1 Å². The first-order chi connectivity index (χ1) is 29.5. The molecule has 9 aromatic rings. The monoisotopic (exact) mass is 986 g/mol. The molecule has 7 aromatic carbocycles. The minimum absolute atomic E-state index is 0. The predicted molar refractivity (Wildman–Crippen MR) is 253 cm³/mol. The third-order valence-electron chi connectivity index (χ3n) is 12.0. The van der Waals surface area contributed by atoms with Crippen molar-refractivity contribution in [2.75, 3.05) is 9.80 Å². The summed E-state index contributed by atoms with van der Waals surface area (Å²) in [5, 5.41) is 2.21. The van der Waals surface area contributed by atoms with Crippen LogP contribution < -0.4 is 14.5 Å². The van der Waals surface area contributed by atoms with Gasteiger partial charge in [-0.1, -0.05) is 99.1 Å². The summed E-state index contributed by atoms with van der Waals surface area (Å²) in [5.41, 5.74) is 17.4. The van der Waals surface area contributed by atoms with Gasteiger partial charge in [-0.3, -0.25) is 0 Å². The Balaban J connectivity index is 0.00000490. The fourth-order valence-electron chi connectivity index (χ4n) is 9.09. The zero-order chi connectivity index (χ0) is 42.0. The number of anilines is 4. The molecular formula is C56H47N4OPt-3. The molecule has 2 aromatic heterocycles. The summed E-state index contributed by atoms with van der Waals surface area (Å²) in [6.07, 6.45) is 1.92. The molecule has 0 spiro atoms. The summed E-state index contributed by atoms with van der Waals surface area (Å²) < 4.78 is 8.82. The van der Waals surface area contributed by atoms with E-state index >= 15 is 0 Å². The quantitative estimate of drug-likeness (QED) is 0.149. The van der Waals surface area contributed by atoms with Crippen LogP contribution in [0.15, 0.2) is 152 Å². The van der Waals surface area contributed by atoms with Crippen molar-refractivity contribution in [2.24, 2.45) is 0 Å². The molecule has 0 radical (unpaired) electrons. The minimum Gasteiger partial charge on any atom is -0.509 e. The maximum atomic E-state index is 6.62. The normalized spacial score (nSPS) is 12.5. The Labute approximate surface area is 379 Å². The van der Waals surface area contributed by atoms with Gasteiger partial charge in [0.2, 0.25) is 0 Å². The molecule has 10 rings (SSSR count). The molecule has 62 heavy (non-hydrogen) atoms. The van der Waals surface area contributed by atoms with Crippen molar-refractivity contribution >= 4 is 44.6 Å². The van der Waals surface area contributed by atoms with Gasteiger partial charge in [-0.25, -0.2) is 4.98 Å². The van der Waals surface area contributed by atoms with Gasteiger partial charge >= 0.3 is 0 Å². The van der Waals surface area contributed by atoms with Crippen LogP contribution in [0.4, 0.5) is 22.7 Å². The van der Waals surface area contributed by atoms with Gasteiger partial charge in [0, 0.05) is 61.3 Å². The zero-order valence-corrected chi connectivity index (χ0v) is 38.3. The Morgan fingerprint density at radius 2 is 1.23 bits per heavy atom. The molecule has 5 nitrogen and oxygen atoms in total. The Morgan fingerprint density at radius 1 is 0.565 bits per heavy atom. The number of aromatic nitrogens is 2. The van der Waals surface area contributed by atoms with Gasteiger partial charge in [-0.05, 0) is 131 Å². The van der Waals surface area contributed by atoms with Crippen molar-refractivity contribution in [1.82, 2.24) is 9.55 Å². The molecule has 0 amide bonds. The molecule has 0 N–H and O–H groups in total. The molecule has 0 fully saturated rings. The SMILES string of the molecule is Cc1cccc(C)c1-c1cc(C)c(-c2ccnc(-n3c4[c-]c(Oc5[c-]c(N6[CH-]N(c7cccc(C(C)(C)C)c7)c7ccccc76)ccc5)ccc4c4ccccc43)c2)c(C)c1.[Pt]. The van der Waals surface area contributed by atoms with E-state index in [4.69, 9.17) is 9.72 Å². The van der Waals surface area contributed by atoms with Gasteiger partial charge in [-0.2, -0.15) is 12.1 Å². The van der Waals surface area contributed by atoms with Crippen LogP contribution in [0, 0.1) is 46.5 Å². The molecule has 0 unspecified atom stereocenters. The second kappa shape index (κ2) is 16.1. The van der Waals surface area contributed by atoms with E-state index in [9.17, 15) is 0 Å². The number of pyridine rings is 1. The van der Waals surface area contributed by atoms with E-state index < -0.39 is 0 Å². The van der Waals surface area contributed by atoms with Gasteiger partial charge in [0.1, 0.15) is 5.82 Å². The number of fused-ring (bicyclic) bond motifs is 4. The number of hydrogen-bond donors (Lipinski definition) is 0. The number of hydrogen-bond acceptors (Lipinski definition) is 4. The van der Waals surface area contributed by atoms with Crippen molar-refractivity contribution < 1.29 is 25.8 Å². The number of rotatable bonds is 7. The fourth-order valence-corrected chi connectivity index (χ4v) is 9.09. The maximum absolute atomic E-state index is 6.62. The fraction of sp³-hybridized carbons (Fsp3) is 0.143. The van der Waals surface area contributed by atoms with E-state index in [1.54, 1.807) is 0 Å². The molecule has 1 aliphatic heterocycles. The van der Waals surface area contributed by atoms with Crippen molar-refractivity contribution in [2.45, 2.75) is 53.9 Å². The Bertz CT molecular complexity index is 3110. The summed E-state index contributed by atoms with van der Waals surface area (Å²) >= 11 is 0. The Morgan fingerprint density at radius 3 is 1.98 bits per heavy atom. The van der Waals surface area contributed by atoms with Crippen LogP contribution in [-0.4, -0.2) is 9.55 Å². The van der Waals surface area contributed by atoms with E-state index in [-0.39, 0.29) is 26.5 Å². The van der Waals surface area contributed by atoms with E-state index in [2.05, 4.69) is 209 Å². The van der Waals surface area contributed by atoms with Crippen molar-refractivity contribution in [3.8, 4) is 39.6 Å². The van der Waals surface area contributed by atoms with Crippen LogP contribution in [0.5, 0.6) is 11.5 Å². The molecule has 0 aliphatic carbocycles. The standard InChI is InChI=1S/C56H47N4O.Pt/c1-36-15-12-16-37(2)54(36)41-29-38(3)55(39(4)30-41)40-27-28-57-53(31-40)60-49-22-9-8-21-47(49)48-26-25-46(34-52(48)60)61-45-20-14-19-44(33-45)59-35-58(50-23-10-11-24-51(50)59)43-18-13-17-42(32-43)56(5,6)7;/h8-32,35H,1-7H3;/q-3;. The second-order valence-electron chi connectivity index (χ2n) is 17.2. The van der Waals surface area contributed by atoms with Crippen molar-refractivity contribution in [3.05, 3.63) is 198 Å². The third-order valence-corrected chi connectivity index (χ3v) is 12.0. The van der Waals surface area contributed by atoms with Crippen LogP contribution in [0.3, 0.4) is 0 Å². The van der Waals surface area contributed by atoms with Crippen LogP contribution in [0.25, 0.3) is 49.9 Å². The first-order valence-corrected chi connectivity index (χ1v) is 21.0. The molecule has 310 valence electrons. The van der Waals surface area contributed by atoms with E-state index in [1.165, 1.54) is 44.5 Å². The maximum Gasteiger partial charge on any atom is 0.136 e. The topological polar surface area (TPSA) is 33.5 Å². The molecule has 3 heterocycles. The summed E-state index contributed by atoms with van der Waals surface area (Å²) in [4.78, 5) is 9.40. The summed E-state index contributed by atoms with van der Waals surface area (Å²) in [5.74, 6) is 2.02. The average molecular weight is 987 g/mol. The number of para-hydroxylation sites is 3. The summed E-state index contributed by atoms with van der Waals surface area (Å²) in [6.45, 7) is 17.7. The van der Waals surface area contributed by atoms with Crippen LogP contribution in [0.1, 0.15) is 48.6 Å². The first-order valence-electron chi connectivity index (χ1n) is 21.0. The van der Waals surface area contributed by atoms with Crippen LogP contribution in [0.2, 0.25) is 0 Å². The number of ether oxygens (including phenoxy) is 1. The third kappa shape index (κ3) is 7.29. The Hall–Kier alpha value is -6.42. The number of nitrogens with zero attached hydrogens (tertiary/aromatic N) is 4. The van der Waals surface area contributed by atoms with E-state index in [1.807, 2.05) is 24.4 Å². The molecule has 0 bridgehead atoms. The summed E-state index contributed by atoms with van der Waals surface area (Å²) in [6, 6.07) is 58.6. The van der Waals surface area contributed by atoms with Crippen molar-refractivity contribution in [1.29, 1.82) is 0 Å². The number of aryl methyl sites for hydroxylation is 4. The van der Waals surface area contributed by atoms with Crippen molar-refractivity contribution in [3.63, 3.8) is 0 Å². The zero-order valence-electron chi connectivity index (χ0n) is 36.0. The van der Waals surface area contributed by atoms with Crippen LogP contribution >= 0.6 is 0 Å². The average Bonchev–Trinajstić information content (AvgIpc) is 3.80. The van der Waals surface area contributed by atoms with E-state index in [0.717, 1.165) is 55.9 Å². The molecular weight excluding hydrogens is 940 g/mol. The van der Waals surface area contributed by atoms with Gasteiger partial charge in [0.15, 0.2) is 0 Å². The van der Waals surface area contributed by atoms with Gasteiger partial charge in [0.25, 0.3) is 0 Å². The first kappa shape index (κ1) is 41.0. The Kier molecular flexibility index (Phi) is 10.7. The molecule has 6 heteroatoms. The largest absolute Gasteiger partial charge is 0.509 e. The summed E-state index contributed by atoms with van der Waals surface area (Å²) in [7, 11) is 0. The number of benzene rings is 7. The molecule has 1 aliphatic rings. The predicted octanol–water partition coefficient (Wildman–Crippen LogP) is 14.8.